The Labute approximate surface area is 178 Å². The van der Waals surface area contributed by atoms with E-state index in [2.05, 4.69) is 0 Å². The zero-order valence-corrected chi connectivity index (χ0v) is 17.0. The molecule has 3 amide bonds. The molecule has 31 heavy (non-hydrogen) atoms. The minimum absolute atomic E-state index is 0.105. The molecule has 1 aromatic carbocycles. The molecule has 11 heteroatoms. The Kier molecular flexibility index (Phi) is 8.50. The van der Waals surface area contributed by atoms with Crippen molar-refractivity contribution in [2.75, 3.05) is 33.4 Å². The molecule has 0 spiro atoms. The molecule has 3 N–H and O–H groups in total. The van der Waals surface area contributed by atoms with Gasteiger partial charge in [-0.05, 0) is 12.0 Å². The van der Waals surface area contributed by atoms with E-state index in [4.69, 9.17) is 25.1 Å². The van der Waals surface area contributed by atoms with Crippen molar-refractivity contribution in [2.24, 2.45) is 11.7 Å². The molecule has 168 valence electrons. The lowest BCUT2D eigenvalue weighted by Gasteiger charge is -2.40. The topological polar surface area (TPSA) is 157 Å². The Balaban J connectivity index is 0.00000107. The second kappa shape index (κ2) is 11.1. The summed E-state index contributed by atoms with van der Waals surface area (Å²) in [7, 11) is 1.33. The van der Waals surface area contributed by atoms with Crippen molar-refractivity contribution < 1.29 is 38.6 Å². The van der Waals surface area contributed by atoms with E-state index in [9.17, 15) is 19.2 Å². The normalized spacial score (nSPS) is 22.1. The molecule has 0 unspecified atom stereocenters. The molecular formula is C20H25N3O8. The van der Waals surface area contributed by atoms with Crippen molar-refractivity contribution in [3.8, 4) is 0 Å². The van der Waals surface area contributed by atoms with E-state index >= 15 is 0 Å². The van der Waals surface area contributed by atoms with E-state index < -0.39 is 23.8 Å². The van der Waals surface area contributed by atoms with Gasteiger partial charge in [-0.1, -0.05) is 30.3 Å². The predicted octanol–water partition coefficient (Wildman–Crippen LogP) is -0.837. The van der Waals surface area contributed by atoms with Gasteiger partial charge in [-0.3, -0.25) is 24.0 Å². The highest BCUT2D eigenvalue weighted by Crippen LogP contribution is 2.43. The predicted molar refractivity (Wildman–Crippen MR) is 105 cm³/mol. The first-order chi connectivity index (χ1) is 14.8. The lowest BCUT2D eigenvalue weighted by atomic mass is 9.93. The zero-order chi connectivity index (χ0) is 23.0. The number of rotatable bonds is 6. The van der Waals surface area contributed by atoms with Crippen molar-refractivity contribution in [1.29, 1.82) is 0 Å². The summed E-state index contributed by atoms with van der Waals surface area (Å²) in [6.45, 7) is -0.747. The summed E-state index contributed by atoms with van der Waals surface area (Å²) in [5.41, 5.74) is 5.84. The number of carbonyl (C=O) groups excluding carboxylic acids is 4. The van der Waals surface area contributed by atoms with Gasteiger partial charge in [0.15, 0.2) is 0 Å². The summed E-state index contributed by atoms with van der Waals surface area (Å²) in [6, 6.07) is 8.63. The molecule has 0 bridgehead atoms. The number of primary amides is 1. The van der Waals surface area contributed by atoms with Crippen LogP contribution >= 0.6 is 0 Å². The third-order valence-corrected chi connectivity index (χ3v) is 5.11. The van der Waals surface area contributed by atoms with Crippen molar-refractivity contribution in [1.82, 2.24) is 9.80 Å². The number of hydrogen-bond donors (Lipinski definition) is 2. The summed E-state index contributed by atoms with van der Waals surface area (Å²) in [5.74, 6) is -2.18. The average Bonchev–Trinajstić information content (AvgIpc) is 3.14. The number of methoxy groups -OCH3 is 1. The lowest BCUT2D eigenvalue weighted by molar-refractivity contribution is -0.153. The molecule has 1 aromatic rings. The molecule has 0 aliphatic carbocycles. The molecule has 0 aromatic heterocycles. The molecule has 3 rings (SSSR count). The average molecular weight is 435 g/mol. The first kappa shape index (κ1) is 23.8. The van der Waals surface area contributed by atoms with Crippen molar-refractivity contribution in [3.05, 3.63) is 35.9 Å². The van der Waals surface area contributed by atoms with Gasteiger partial charge in [-0.15, -0.1) is 0 Å². The first-order valence-electron chi connectivity index (χ1n) is 9.49. The highest BCUT2D eigenvalue weighted by molar-refractivity contribution is 5.88. The third kappa shape index (κ3) is 5.79. The van der Waals surface area contributed by atoms with Gasteiger partial charge >= 0.3 is 5.97 Å². The Morgan fingerprint density at radius 3 is 2.45 bits per heavy atom. The molecule has 2 fully saturated rings. The van der Waals surface area contributed by atoms with Crippen LogP contribution in [0.25, 0.3) is 0 Å². The van der Waals surface area contributed by atoms with Crippen LogP contribution in [0.4, 0.5) is 0 Å². The number of carboxylic acid groups (broad SMARTS) is 1. The van der Waals surface area contributed by atoms with Crippen molar-refractivity contribution >= 4 is 30.2 Å². The summed E-state index contributed by atoms with van der Waals surface area (Å²) >= 11 is 0. The van der Waals surface area contributed by atoms with Gasteiger partial charge < -0.3 is 30.1 Å². The van der Waals surface area contributed by atoms with E-state index in [1.165, 1.54) is 12.0 Å². The number of benzene rings is 1. The van der Waals surface area contributed by atoms with Crippen LogP contribution in [0.2, 0.25) is 0 Å². The quantitative estimate of drug-likeness (QED) is 0.433. The van der Waals surface area contributed by atoms with Gasteiger partial charge in [0.25, 0.3) is 6.47 Å². The van der Waals surface area contributed by atoms with E-state index in [1.54, 1.807) is 4.90 Å². The van der Waals surface area contributed by atoms with Gasteiger partial charge in [0.1, 0.15) is 13.2 Å². The smallest absolute Gasteiger partial charge is 0.311 e. The Morgan fingerprint density at radius 1 is 1.23 bits per heavy atom. The van der Waals surface area contributed by atoms with Gasteiger partial charge in [0.05, 0.1) is 31.7 Å². The molecule has 11 nitrogen and oxygen atoms in total. The summed E-state index contributed by atoms with van der Waals surface area (Å²) < 4.78 is 9.91. The number of nitrogens with two attached hydrogens (primary N) is 1. The van der Waals surface area contributed by atoms with E-state index in [1.807, 2.05) is 30.3 Å². The zero-order valence-electron chi connectivity index (χ0n) is 17.0. The fourth-order valence-corrected chi connectivity index (χ4v) is 3.98. The standard InChI is InChI=1S/C19H23N3O6.CH2O2/c1-27-19(26)14-7-13-8-21(17(25)11-28-10-15(20)23)9-16(24)22(13)18(14)12-5-3-2-4-6-12;2-1-3/h2-6,13-14,18H,7-11H2,1H3,(H2,20,23);1H,(H,2,3)/t13-,14-,18-;/m0./s1. The molecule has 2 heterocycles. The van der Waals surface area contributed by atoms with E-state index in [-0.39, 0.29) is 44.1 Å². The first-order valence-corrected chi connectivity index (χ1v) is 9.49. The highest BCUT2D eigenvalue weighted by Gasteiger charge is 2.51. The minimum atomic E-state index is -0.670. The van der Waals surface area contributed by atoms with Crippen LogP contribution in [0.1, 0.15) is 18.0 Å². The lowest BCUT2D eigenvalue weighted by Crippen LogP contribution is -2.56. The molecular weight excluding hydrogens is 410 g/mol. The molecule has 2 saturated heterocycles. The van der Waals surface area contributed by atoms with Crippen molar-refractivity contribution in [2.45, 2.75) is 18.5 Å². The van der Waals surface area contributed by atoms with Crippen LogP contribution in [0.15, 0.2) is 30.3 Å². The largest absolute Gasteiger partial charge is 0.483 e. The van der Waals surface area contributed by atoms with E-state index in [0.29, 0.717) is 13.0 Å². The van der Waals surface area contributed by atoms with E-state index in [0.717, 1.165) is 5.56 Å². The van der Waals surface area contributed by atoms with Crippen LogP contribution < -0.4 is 5.73 Å². The van der Waals surface area contributed by atoms with Crippen LogP contribution in [-0.2, 0) is 33.4 Å². The molecule has 3 atom stereocenters. The second-order valence-corrected chi connectivity index (χ2v) is 7.01. The fraction of sp³-hybridized carbons (Fsp3) is 0.450. The number of ether oxygens (including phenoxy) is 2. The third-order valence-electron chi connectivity index (χ3n) is 5.11. The maximum atomic E-state index is 12.9. The number of fused-ring (bicyclic) bond motifs is 1. The van der Waals surface area contributed by atoms with Crippen LogP contribution in [0, 0.1) is 5.92 Å². The number of piperazine rings is 1. The number of hydrogen-bond acceptors (Lipinski definition) is 7. The van der Waals surface area contributed by atoms with Gasteiger partial charge in [-0.2, -0.15) is 0 Å². The SMILES string of the molecule is COC(=O)[C@H]1C[C@H]2CN(C(=O)COCC(N)=O)CC(=O)N2[C@H]1c1ccccc1.O=CO. The maximum absolute atomic E-state index is 12.9. The fourth-order valence-electron chi connectivity index (χ4n) is 3.98. The molecule has 0 saturated carbocycles. The summed E-state index contributed by atoms with van der Waals surface area (Å²) in [6.07, 6.45) is 0.407. The maximum Gasteiger partial charge on any atom is 0.311 e. The number of esters is 1. The van der Waals surface area contributed by atoms with Crippen LogP contribution in [-0.4, -0.2) is 84.5 Å². The van der Waals surface area contributed by atoms with Crippen LogP contribution in [0.5, 0.6) is 0 Å². The van der Waals surface area contributed by atoms with Crippen LogP contribution in [0.3, 0.4) is 0 Å². The second-order valence-electron chi connectivity index (χ2n) is 7.01. The Morgan fingerprint density at radius 2 is 1.87 bits per heavy atom. The summed E-state index contributed by atoms with van der Waals surface area (Å²) in [4.78, 5) is 59.7. The van der Waals surface area contributed by atoms with Gasteiger partial charge in [-0.25, -0.2) is 0 Å². The summed E-state index contributed by atoms with van der Waals surface area (Å²) in [5, 5.41) is 6.89. The van der Waals surface area contributed by atoms with Gasteiger partial charge in [0.2, 0.25) is 17.7 Å². The number of nitrogens with zero attached hydrogens (tertiary/aromatic N) is 2. The highest BCUT2D eigenvalue weighted by atomic mass is 16.5. The number of amides is 3. The molecule has 2 aliphatic rings. The molecule has 0 radical (unpaired) electrons. The van der Waals surface area contributed by atoms with Crippen molar-refractivity contribution in [3.63, 3.8) is 0 Å². The number of carbonyl (C=O) groups is 5. The molecule has 2 aliphatic heterocycles. The Hall–Kier alpha value is -3.47. The minimum Gasteiger partial charge on any atom is -0.483 e. The monoisotopic (exact) mass is 435 g/mol. The van der Waals surface area contributed by atoms with Gasteiger partial charge in [0, 0.05) is 6.54 Å². The Bertz CT molecular complexity index is 816.